The normalized spacial score (nSPS) is 12.0. The van der Waals surface area contributed by atoms with Crippen molar-refractivity contribution in [3.05, 3.63) is 71.8 Å². The maximum absolute atomic E-state index is 12.5. The van der Waals surface area contributed by atoms with Gasteiger partial charge >= 0.3 is 21.4 Å². The van der Waals surface area contributed by atoms with E-state index in [4.69, 9.17) is 0 Å². The highest BCUT2D eigenvalue weighted by atomic mass is 32.2. The van der Waals surface area contributed by atoms with Crippen molar-refractivity contribution in [2.45, 2.75) is 5.51 Å². The molecule has 0 spiro atoms. The minimum absolute atomic E-state index is 0.233. The molecule has 2 rings (SSSR count). The highest BCUT2D eigenvalue weighted by Gasteiger charge is 2.57. The first-order valence-corrected chi connectivity index (χ1v) is 7.20. The van der Waals surface area contributed by atoms with Crippen molar-refractivity contribution >= 4 is 15.9 Å². The van der Waals surface area contributed by atoms with E-state index in [9.17, 15) is 21.6 Å². The van der Waals surface area contributed by atoms with Gasteiger partial charge in [-0.1, -0.05) is 36.4 Å². The van der Waals surface area contributed by atoms with Gasteiger partial charge in [0.2, 0.25) is 0 Å². The predicted molar refractivity (Wildman–Crippen MR) is 71.3 cm³/mol. The number of halogens is 3. The number of carbonyl (C=O) groups excluding carboxylic acids is 1. The first-order valence-electron chi connectivity index (χ1n) is 5.80. The van der Waals surface area contributed by atoms with Gasteiger partial charge in [0, 0.05) is 0 Å². The van der Waals surface area contributed by atoms with Crippen LogP contribution in [-0.2, 0) is 10.1 Å². The average molecular weight is 315 g/mol. The van der Waals surface area contributed by atoms with E-state index >= 15 is 0 Å². The monoisotopic (exact) mass is 315 g/mol. The topological polar surface area (TPSA) is 45.4 Å². The fourth-order valence-electron chi connectivity index (χ4n) is 1.60. The molecule has 0 aliphatic heterocycles. The largest absolute Gasteiger partial charge is 0.602 e. The molecule has 0 fully saturated rings. The maximum atomic E-state index is 12.5. The second-order valence-electron chi connectivity index (χ2n) is 4.04. The average Bonchev–Trinajstić information content (AvgIpc) is 2.45. The quantitative estimate of drug-likeness (QED) is 0.495. The Morgan fingerprint density at radius 2 is 1.19 bits per heavy atom. The molecule has 2 aromatic rings. The summed E-state index contributed by atoms with van der Waals surface area (Å²) in [6.45, 7) is 0. The Labute approximate surface area is 119 Å². The summed E-state index contributed by atoms with van der Waals surface area (Å²) in [6.07, 6.45) is 0. The van der Waals surface area contributed by atoms with Crippen LogP contribution in [0.3, 0.4) is 0 Å². The van der Waals surface area contributed by atoms with E-state index in [-0.39, 0.29) is 16.9 Å². The molecule has 0 radical (unpaired) electrons. The van der Waals surface area contributed by atoms with E-state index in [0.717, 1.165) is 0 Å². The molecule has 110 valence electrons. The zero-order valence-electron chi connectivity index (χ0n) is 10.5. The predicted octanol–water partition coefficient (Wildman–Crippen LogP) is 3.30. The van der Waals surface area contributed by atoms with Crippen molar-refractivity contribution < 1.29 is 25.5 Å². The molecule has 3 nitrogen and oxygen atoms in total. The Morgan fingerprint density at radius 3 is 1.52 bits per heavy atom. The molecule has 7 heteroatoms. The SMILES string of the molecule is O=S(=O)([O+]=C(c1ccccc1)c1ccccc1)C(F)(F)F. The molecular formula is C14H10F3O3S+. The minimum atomic E-state index is -5.73. The molecule has 0 atom stereocenters. The summed E-state index contributed by atoms with van der Waals surface area (Å²) < 4.78 is 64.3. The van der Waals surface area contributed by atoms with E-state index in [1.165, 1.54) is 24.3 Å². The van der Waals surface area contributed by atoms with Gasteiger partial charge in [0.05, 0.1) is 11.1 Å². The Morgan fingerprint density at radius 1 is 0.810 bits per heavy atom. The Bertz CT molecular complexity index is 695. The van der Waals surface area contributed by atoms with Crippen LogP contribution >= 0.6 is 0 Å². The van der Waals surface area contributed by atoms with Gasteiger partial charge in [0.15, 0.2) is 0 Å². The van der Waals surface area contributed by atoms with Gasteiger partial charge in [-0.2, -0.15) is 0 Å². The second-order valence-corrected chi connectivity index (χ2v) is 5.58. The van der Waals surface area contributed by atoms with Gasteiger partial charge in [0.1, 0.15) is 0 Å². The summed E-state index contributed by atoms with van der Waals surface area (Å²) in [7, 11) is -5.73. The molecule has 0 N–H and O–H groups in total. The van der Waals surface area contributed by atoms with Crippen molar-refractivity contribution in [2.75, 3.05) is 0 Å². The molecule has 0 unspecified atom stereocenters. The molecule has 2 aromatic carbocycles. The van der Waals surface area contributed by atoms with Crippen LogP contribution in [0.25, 0.3) is 0 Å². The van der Waals surface area contributed by atoms with Crippen molar-refractivity contribution in [3.63, 3.8) is 0 Å². The third-order valence-corrected chi connectivity index (χ3v) is 3.50. The van der Waals surface area contributed by atoms with Crippen molar-refractivity contribution in [3.8, 4) is 0 Å². The Kier molecular flexibility index (Phi) is 4.13. The second kappa shape index (κ2) is 5.69. The van der Waals surface area contributed by atoms with E-state index < -0.39 is 15.6 Å². The number of hydrogen-bond donors (Lipinski definition) is 0. The lowest BCUT2D eigenvalue weighted by Gasteiger charge is -1.98. The molecule has 0 saturated heterocycles. The fraction of sp³-hybridized carbons (Fsp3) is 0.0714. The third-order valence-electron chi connectivity index (χ3n) is 2.55. The number of benzene rings is 2. The summed E-state index contributed by atoms with van der Waals surface area (Å²) in [5, 5.41) is 0. The molecule has 0 aliphatic carbocycles. The van der Waals surface area contributed by atoms with E-state index in [1.807, 2.05) is 0 Å². The van der Waals surface area contributed by atoms with E-state index in [0.29, 0.717) is 0 Å². The number of hydrogen-bond acceptors (Lipinski definition) is 2. The lowest BCUT2D eigenvalue weighted by atomic mass is 10.0. The molecule has 0 aromatic heterocycles. The first-order chi connectivity index (χ1) is 9.81. The van der Waals surface area contributed by atoms with Gasteiger partial charge in [-0.3, -0.25) is 0 Å². The third kappa shape index (κ3) is 3.49. The first kappa shape index (κ1) is 15.2. The van der Waals surface area contributed by atoms with Crippen molar-refractivity contribution in [2.24, 2.45) is 0 Å². The zero-order valence-corrected chi connectivity index (χ0v) is 11.4. The van der Waals surface area contributed by atoms with Crippen LogP contribution in [0.15, 0.2) is 60.7 Å². The molecule has 21 heavy (non-hydrogen) atoms. The van der Waals surface area contributed by atoms with Crippen LogP contribution < -0.4 is 0 Å². The Balaban J connectivity index is 2.64. The van der Waals surface area contributed by atoms with Crippen molar-refractivity contribution in [1.29, 1.82) is 0 Å². The van der Waals surface area contributed by atoms with Crippen LogP contribution in [0.5, 0.6) is 0 Å². The van der Waals surface area contributed by atoms with Crippen LogP contribution in [0.4, 0.5) is 13.2 Å². The molecule has 0 saturated carbocycles. The van der Waals surface area contributed by atoms with Crippen LogP contribution in [0.2, 0.25) is 0 Å². The molecule has 0 aliphatic rings. The summed E-state index contributed by atoms with van der Waals surface area (Å²) in [4.78, 5) is 0. The van der Waals surface area contributed by atoms with Crippen LogP contribution in [-0.4, -0.2) is 19.7 Å². The highest BCUT2D eigenvalue weighted by Crippen LogP contribution is 2.25. The highest BCUT2D eigenvalue weighted by molar-refractivity contribution is 7.86. The van der Waals surface area contributed by atoms with Gasteiger partial charge < -0.3 is 0 Å². The number of alkyl halides is 3. The van der Waals surface area contributed by atoms with E-state index in [1.54, 1.807) is 36.4 Å². The summed E-state index contributed by atoms with van der Waals surface area (Å²) in [5.41, 5.74) is -5.02. The lowest BCUT2D eigenvalue weighted by molar-refractivity contribution is -0.131. The minimum Gasteiger partial charge on any atom is -0.149 e. The lowest BCUT2D eigenvalue weighted by Crippen LogP contribution is -2.23. The number of ketones is 1. The van der Waals surface area contributed by atoms with Gasteiger partial charge in [0.25, 0.3) is 0 Å². The summed E-state index contributed by atoms with van der Waals surface area (Å²) >= 11 is 0. The van der Waals surface area contributed by atoms with E-state index in [2.05, 4.69) is 3.87 Å². The standard InChI is InChI=1S/C14H10F3O3S/c15-14(16,17)21(18,19)20-13(11-7-3-1-4-8-11)12-9-5-2-6-10-12/h1-10H/q+1. The zero-order chi connectivity index (χ0) is 15.5. The summed E-state index contributed by atoms with van der Waals surface area (Å²) in [5.74, 6) is -0.367. The molecule has 0 bridgehead atoms. The molecule has 0 amide bonds. The fourth-order valence-corrected chi connectivity index (χ4v) is 2.11. The number of rotatable bonds is 3. The van der Waals surface area contributed by atoms with Crippen LogP contribution in [0, 0.1) is 0 Å². The smallest absolute Gasteiger partial charge is 0.149 e. The maximum Gasteiger partial charge on any atom is 0.602 e. The van der Waals surface area contributed by atoms with Gasteiger partial charge in [-0.25, -0.2) is 0 Å². The molecular weight excluding hydrogens is 305 g/mol. The molecule has 0 heterocycles. The van der Waals surface area contributed by atoms with Gasteiger partial charge in [-0.05, 0) is 24.3 Å². The van der Waals surface area contributed by atoms with Gasteiger partial charge in [-0.15, -0.1) is 25.5 Å². The summed E-state index contributed by atoms with van der Waals surface area (Å²) in [6, 6.07) is 15.5. The van der Waals surface area contributed by atoms with Crippen molar-refractivity contribution in [1.82, 2.24) is 0 Å². The Hall–Kier alpha value is -2.15. The van der Waals surface area contributed by atoms with Crippen LogP contribution in [0.1, 0.15) is 15.0 Å².